The van der Waals surface area contributed by atoms with Gasteiger partial charge in [0.1, 0.15) is 4.38 Å². The summed E-state index contributed by atoms with van der Waals surface area (Å²) in [6.45, 7) is 2.83. The minimum atomic E-state index is -0.468. The third-order valence-corrected chi connectivity index (χ3v) is 6.77. The molecule has 0 bridgehead atoms. The van der Waals surface area contributed by atoms with Gasteiger partial charge >= 0.3 is 6.03 Å². The number of hydrogen-bond donors (Lipinski definition) is 2. The third-order valence-electron chi connectivity index (χ3n) is 4.62. The number of thioether (sulfide) groups is 2. The first kappa shape index (κ1) is 24.3. The number of unbranched alkanes of at least 4 members (excludes halogenated alkanes) is 1. The highest BCUT2D eigenvalue weighted by Crippen LogP contribution is 2.29. The van der Waals surface area contributed by atoms with Crippen LogP contribution in [0.3, 0.4) is 0 Å². The van der Waals surface area contributed by atoms with Crippen LogP contribution in [0, 0.1) is 6.92 Å². The fraction of sp³-hybridized carbons (Fsp3) is 0.364. The molecular formula is C22H31N5OS2. The number of anilines is 1. The van der Waals surface area contributed by atoms with E-state index < -0.39 is 6.03 Å². The lowest BCUT2D eigenvalue weighted by Gasteiger charge is -2.24. The molecule has 30 heavy (non-hydrogen) atoms. The quantitative estimate of drug-likeness (QED) is 0.155. The van der Waals surface area contributed by atoms with Gasteiger partial charge in [-0.3, -0.25) is 10.0 Å². The first-order valence-electron chi connectivity index (χ1n) is 9.85. The normalized spacial score (nSPS) is 11.4. The van der Waals surface area contributed by atoms with Crippen molar-refractivity contribution in [2.24, 2.45) is 16.7 Å². The lowest BCUT2D eigenvalue weighted by molar-refractivity contribution is 0.216. The molecule has 2 rings (SSSR count). The van der Waals surface area contributed by atoms with Crippen LogP contribution in [0.15, 0.2) is 53.5 Å². The van der Waals surface area contributed by atoms with E-state index in [2.05, 4.69) is 24.3 Å². The Bertz CT molecular complexity index is 843. The molecule has 0 spiro atoms. The minimum Gasteiger partial charge on any atom is -0.272 e. The Morgan fingerprint density at radius 1 is 1.07 bits per heavy atom. The van der Waals surface area contributed by atoms with Crippen molar-refractivity contribution in [1.82, 2.24) is 5.01 Å². The largest absolute Gasteiger partial charge is 0.352 e. The average Bonchev–Trinajstić information content (AvgIpc) is 2.75. The number of nitrogens with zero attached hydrogens (tertiary/aromatic N) is 3. The van der Waals surface area contributed by atoms with Crippen molar-refractivity contribution in [3.63, 3.8) is 0 Å². The van der Waals surface area contributed by atoms with Crippen molar-refractivity contribution in [2.75, 3.05) is 24.9 Å². The van der Waals surface area contributed by atoms with Crippen molar-refractivity contribution in [1.29, 1.82) is 0 Å². The molecule has 4 N–H and O–H groups in total. The van der Waals surface area contributed by atoms with Crippen LogP contribution in [-0.4, -0.2) is 35.3 Å². The highest BCUT2D eigenvalue weighted by molar-refractivity contribution is 8.38. The fourth-order valence-electron chi connectivity index (χ4n) is 2.93. The van der Waals surface area contributed by atoms with Gasteiger partial charge in [-0.1, -0.05) is 54.2 Å². The van der Waals surface area contributed by atoms with Crippen molar-refractivity contribution in [2.45, 2.75) is 31.9 Å². The Balaban J connectivity index is 1.93. The van der Waals surface area contributed by atoms with Crippen LogP contribution in [0.4, 0.5) is 10.5 Å². The van der Waals surface area contributed by atoms with Crippen LogP contribution < -0.4 is 16.7 Å². The summed E-state index contributed by atoms with van der Waals surface area (Å²) in [7, 11) is 1.47. The summed E-state index contributed by atoms with van der Waals surface area (Å²) in [6, 6.07) is 15.8. The van der Waals surface area contributed by atoms with Gasteiger partial charge in [0.15, 0.2) is 0 Å². The van der Waals surface area contributed by atoms with Crippen LogP contribution >= 0.6 is 23.5 Å². The van der Waals surface area contributed by atoms with Crippen molar-refractivity contribution < 1.29 is 4.79 Å². The average molecular weight is 446 g/mol. The summed E-state index contributed by atoms with van der Waals surface area (Å²) in [4.78, 5) is 16.9. The molecule has 2 aromatic carbocycles. The van der Waals surface area contributed by atoms with Gasteiger partial charge in [-0.15, -0.1) is 11.8 Å². The van der Waals surface area contributed by atoms with Crippen LogP contribution in [0.25, 0.3) is 0 Å². The summed E-state index contributed by atoms with van der Waals surface area (Å²) in [5, 5.41) is 2.08. The lowest BCUT2D eigenvalue weighted by Crippen LogP contribution is -2.49. The van der Waals surface area contributed by atoms with Crippen molar-refractivity contribution in [3.8, 4) is 0 Å². The molecule has 0 saturated heterocycles. The molecule has 0 aliphatic heterocycles. The first-order chi connectivity index (χ1) is 14.4. The number of carbonyl (C=O) groups excluding carboxylic acids is 1. The maximum absolute atomic E-state index is 12.2. The van der Waals surface area contributed by atoms with E-state index in [-0.39, 0.29) is 0 Å². The van der Waals surface area contributed by atoms with Gasteiger partial charge < -0.3 is 0 Å². The molecule has 2 aromatic rings. The van der Waals surface area contributed by atoms with Gasteiger partial charge in [0.25, 0.3) is 0 Å². The molecule has 0 fully saturated rings. The number of amides is 2. The number of nitrogens with two attached hydrogens (primary N) is 2. The number of rotatable bonds is 8. The molecule has 0 atom stereocenters. The second kappa shape index (κ2) is 12.6. The zero-order valence-corrected chi connectivity index (χ0v) is 19.5. The van der Waals surface area contributed by atoms with E-state index >= 15 is 0 Å². The SMILES string of the molecule is CSC(=NCCCCc1ccccc1)SCc1c(C)cccc1N(N)C(=O)N(C)N. The molecule has 2 amide bonds. The van der Waals surface area contributed by atoms with Gasteiger partial charge in [-0.25, -0.2) is 21.5 Å². The second-order valence-corrected chi connectivity index (χ2v) is 8.94. The topological polar surface area (TPSA) is 88.0 Å². The first-order valence-corrected chi connectivity index (χ1v) is 12.1. The van der Waals surface area contributed by atoms with E-state index in [0.29, 0.717) is 11.4 Å². The number of hydrazine groups is 2. The number of aliphatic imine (C=N–C) groups is 1. The Labute approximate surface area is 188 Å². The second-order valence-electron chi connectivity index (χ2n) is 6.92. The predicted molar refractivity (Wildman–Crippen MR) is 132 cm³/mol. The van der Waals surface area contributed by atoms with Crippen molar-refractivity contribution >= 4 is 39.6 Å². The van der Waals surface area contributed by atoms with Gasteiger partial charge in [0.05, 0.1) is 5.69 Å². The van der Waals surface area contributed by atoms with Gasteiger partial charge in [-0.05, 0) is 55.2 Å². The molecule has 0 unspecified atom stereocenters. The smallest absolute Gasteiger partial charge is 0.272 e. The molecule has 0 radical (unpaired) electrons. The third kappa shape index (κ3) is 7.36. The van der Waals surface area contributed by atoms with E-state index in [1.807, 2.05) is 37.4 Å². The maximum Gasteiger partial charge on any atom is 0.352 e. The Morgan fingerprint density at radius 2 is 1.80 bits per heavy atom. The number of carbonyl (C=O) groups is 1. The van der Waals surface area contributed by atoms with Crippen LogP contribution in [-0.2, 0) is 12.2 Å². The van der Waals surface area contributed by atoms with E-state index in [1.165, 1.54) is 12.6 Å². The van der Waals surface area contributed by atoms with Crippen LogP contribution in [0.5, 0.6) is 0 Å². The Hall–Kier alpha value is -2.00. The summed E-state index contributed by atoms with van der Waals surface area (Å²) >= 11 is 3.32. The summed E-state index contributed by atoms with van der Waals surface area (Å²) in [5.74, 6) is 12.3. The summed E-state index contributed by atoms with van der Waals surface area (Å²) < 4.78 is 1.04. The molecule has 0 saturated carbocycles. The number of hydrogen-bond acceptors (Lipinski definition) is 6. The maximum atomic E-state index is 12.2. The molecule has 0 aliphatic rings. The molecule has 6 nitrogen and oxygen atoms in total. The minimum absolute atomic E-state index is 0.468. The van der Waals surface area contributed by atoms with E-state index in [4.69, 9.17) is 16.7 Å². The molecule has 0 heterocycles. The highest BCUT2D eigenvalue weighted by atomic mass is 32.2. The monoisotopic (exact) mass is 445 g/mol. The van der Waals surface area contributed by atoms with E-state index in [0.717, 1.165) is 51.3 Å². The zero-order valence-electron chi connectivity index (χ0n) is 17.9. The zero-order chi connectivity index (χ0) is 21.9. The molecular weight excluding hydrogens is 414 g/mol. The molecule has 162 valence electrons. The summed E-state index contributed by atoms with van der Waals surface area (Å²) in [5.41, 5.74) is 4.11. The Morgan fingerprint density at radius 3 is 2.47 bits per heavy atom. The Kier molecular flexibility index (Phi) is 10.2. The molecule has 0 aromatic heterocycles. The van der Waals surface area contributed by atoms with E-state index in [1.54, 1.807) is 23.5 Å². The number of benzene rings is 2. The van der Waals surface area contributed by atoms with Gasteiger partial charge in [0.2, 0.25) is 0 Å². The van der Waals surface area contributed by atoms with Crippen molar-refractivity contribution in [3.05, 3.63) is 65.2 Å². The molecule has 8 heteroatoms. The predicted octanol–water partition coefficient (Wildman–Crippen LogP) is 4.58. The van der Waals surface area contributed by atoms with Crippen LogP contribution in [0.2, 0.25) is 0 Å². The number of urea groups is 1. The van der Waals surface area contributed by atoms with E-state index in [9.17, 15) is 4.79 Å². The fourth-order valence-corrected chi connectivity index (χ4v) is 4.63. The van der Waals surface area contributed by atoms with Gasteiger partial charge in [-0.2, -0.15) is 0 Å². The number of aryl methyl sites for hydroxylation is 2. The standard InChI is InChI=1S/C22H31N5OS2/c1-17-10-9-14-20(27(24)22(28)26(2)23)19(17)16-30-21(29-3)25-15-8-7-13-18-11-5-4-6-12-18/h4-6,9-12,14H,7-8,13,15-16,23-24H2,1-3H3. The van der Waals surface area contributed by atoms with Gasteiger partial charge in [0, 0.05) is 19.3 Å². The summed E-state index contributed by atoms with van der Waals surface area (Å²) in [6.07, 6.45) is 5.30. The lowest BCUT2D eigenvalue weighted by atomic mass is 10.1. The molecule has 0 aliphatic carbocycles. The van der Waals surface area contributed by atoms with Crippen LogP contribution in [0.1, 0.15) is 29.5 Å². The highest BCUT2D eigenvalue weighted by Gasteiger charge is 2.19.